The van der Waals surface area contributed by atoms with Gasteiger partial charge in [-0.15, -0.1) is 11.3 Å². The van der Waals surface area contributed by atoms with Crippen LogP contribution in [0.4, 0.5) is 11.6 Å². The molecule has 180 valence electrons. The van der Waals surface area contributed by atoms with Crippen molar-refractivity contribution in [1.29, 1.82) is 0 Å². The predicted octanol–water partition coefficient (Wildman–Crippen LogP) is 5.40. The number of hydrogen-bond acceptors (Lipinski definition) is 7. The number of anilines is 2. The number of allylic oxidation sites excluding steroid dienone is 1. The van der Waals surface area contributed by atoms with Gasteiger partial charge in [0.15, 0.2) is 11.5 Å². The molecule has 1 saturated heterocycles. The van der Waals surface area contributed by atoms with Crippen molar-refractivity contribution in [2.45, 2.75) is 13.3 Å². The summed E-state index contributed by atoms with van der Waals surface area (Å²) in [6, 6.07) is 14.9. The van der Waals surface area contributed by atoms with E-state index < -0.39 is 0 Å². The van der Waals surface area contributed by atoms with Crippen LogP contribution in [0.5, 0.6) is 5.75 Å². The second-order valence-electron chi connectivity index (χ2n) is 8.90. The Morgan fingerprint density at radius 2 is 1.91 bits per heavy atom. The summed E-state index contributed by atoms with van der Waals surface area (Å²) < 4.78 is 6.98. The van der Waals surface area contributed by atoms with E-state index >= 15 is 0 Å². The van der Waals surface area contributed by atoms with Gasteiger partial charge < -0.3 is 25.1 Å². The maximum absolute atomic E-state index is 12.9. The number of nitrogens with zero attached hydrogens (tertiary/aromatic N) is 2. The van der Waals surface area contributed by atoms with Crippen molar-refractivity contribution in [2.75, 3.05) is 43.9 Å². The lowest BCUT2D eigenvalue weighted by atomic mass is 9.92. The predicted molar refractivity (Wildman–Crippen MR) is 145 cm³/mol. The van der Waals surface area contributed by atoms with Crippen LogP contribution in [0.3, 0.4) is 0 Å². The Kier molecular flexibility index (Phi) is 6.36. The zero-order valence-electron chi connectivity index (χ0n) is 20.0. The molecule has 0 unspecified atom stereocenters. The smallest absolute Gasteiger partial charge is 0.204 e. The van der Waals surface area contributed by atoms with Crippen molar-refractivity contribution in [3.8, 4) is 16.9 Å². The first kappa shape index (κ1) is 23.2. The number of hydrogen-bond donors (Lipinski definition) is 2. The third-order valence-electron chi connectivity index (χ3n) is 6.48. The Morgan fingerprint density at radius 3 is 2.66 bits per heavy atom. The molecule has 5 rings (SSSR count). The molecular weight excluding hydrogens is 458 g/mol. The molecule has 0 saturated carbocycles. The average molecular weight is 488 g/mol. The van der Waals surface area contributed by atoms with Crippen LogP contribution in [0.1, 0.15) is 24.5 Å². The molecular formula is C28H29N3O3S. The largest absolute Gasteiger partial charge is 0.507 e. The highest BCUT2D eigenvalue weighted by molar-refractivity contribution is 7.17. The normalized spacial score (nSPS) is 15.1. The summed E-state index contributed by atoms with van der Waals surface area (Å²) in [5.41, 5.74) is 11.7. The van der Waals surface area contributed by atoms with E-state index in [9.17, 15) is 9.90 Å². The highest BCUT2D eigenvalue weighted by Crippen LogP contribution is 2.39. The van der Waals surface area contributed by atoms with Crippen molar-refractivity contribution in [2.24, 2.45) is 0 Å². The number of nitrogen functional groups attached to an aromatic ring is 1. The molecule has 0 aliphatic carbocycles. The molecule has 4 aromatic rings. The van der Waals surface area contributed by atoms with Gasteiger partial charge in [-0.25, -0.2) is 0 Å². The Bertz CT molecular complexity index is 1440. The molecule has 7 heteroatoms. The summed E-state index contributed by atoms with van der Waals surface area (Å²) >= 11 is 1.41. The summed E-state index contributed by atoms with van der Waals surface area (Å²) in [5, 5.41) is 12.6. The number of rotatable bonds is 5. The Morgan fingerprint density at radius 1 is 1.14 bits per heavy atom. The molecule has 0 spiro atoms. The SMILES string of the molecule is CC/C=C(\c1cccc(-c2csc3c(=O)cc(N4CCN(C)CC4)oc23)c1)c1c(N)cccc1O. The standard InChI is InChI=1S/C28H29N3O3S/c1-3-6-20(26-22(29)9-5-10-23(26)32)18-7-4-8-19(15-18)21-17-35-28-24(33)16-25(34-27(21)28)31-13-11-30(2)12-14-31/h4-10,15-17,32H,3,11-14,29H2,1-2H3/b20-6+. The molecule has 1 aliphatic rings. The Labute approximate surface area is 208 Å². The molecule has 0 radical (unpaired) electrons. The van der Waals surface area contributed by atoms with Gasteiger partial charge in [0, 0.05) is 54.4 Å². The van der Waals surface area contributed by atoms with Crippen molar-refractivity contribution in [3.05, 3.63) is 81.3 Å². The van der Waals surface area contributed by atoms with Crippen LogP contribution in [0, 0.1) is 0 Å². The van der Waals surface area contributed by atoms with Gasteiger partial charge in [0.2, 0.25) is 5.43 Å². The van der Waals surface area contributed by atoms with Crippen molar-refractivity contribution in [1.82, 2.24) is 4.90 Å². The van der Waals surface area contributed by atoms with Gasteiger partial charge in [-0.1, -0.05) is 37.3 Å². The van der Waals surface area contributed by atoms with Crippen LogP contribution in [-0.4, -0.2) is 43.2 Å². The van der Waals surface area contributed by atoms with E-state index in [-0.39, 0.29) is 11.2 Å². The fourth-order valence-electron chi connectivity index (χ4n) is 4.59. The molecule has 3 heterocycles. The van der Waals surface area contributed by atoms with Gasteiger partial charge in [-0.3, -0.25) is 4.79 Å². The van der Waals surface area contributed by atoms with E-state index in [1.807, 2.05) is 23.6 Å². The quantitative estimate of drug-likeness (QED) is 0.367. The van der Waals surface area contributed by atoms with E-state index in [0.717, 1.165) is 54.9 Å². The zero-order valence-corrected chi connectivity index (χ0v) is 20.8. The highest BCUT2D eigenvalue weighted by atomic mass is 32.1. The minimum atomic E-state index is -0.0128. The second kappa shape index (κ2) is 9.60. The van der Waals surface area contributed by atoms with Crippen LogP contribution in [0.15, 0.2) is 69.2 Å². The number of thiophene rings is 1. The first-order valence-corrected chi connectivity index (χ1v) is 12.7. The maximum atomic E-state index is 12.9. The van der Waals surface area contributed by atoms with Crippen molar-refractivity contribution >= 4 is 38.8 Å². The summed E-state index contributed by atoms with van der Waals surface area (Å²) in [6.07, 6.45) is 2.86. The fraction of sp³-hybridized carbons (Fsp3) is 0.250. The summed E-state index contributed by atoms with van der Waals surface area (Å²) in [7, 11) is 2.10. The molecule has 1 aliphatic heterocycles. The van der Waals surface area contributed by atoms with Crippen molar-refractivity contribution in [3.63, 3.8) is 0 Å². The van der Waals surface area contributed by atoms with E-state index in [2.05, 4.69) is 35.9 Å². The van der Waals surface area contributed by atoms with Crippen LogP contribution < -0.4 is 16.1 Å². The lowest BCUT2D eigenvalue weighted by Crippen LogP contribution is -2.44. The maximum Gasteiger partial charge on any atom is 0.204 e. The first-order valence-electron chi connectivity index (χ1n) is 11.8. The second-order valence-corrected chi connectivity index (χ2v) is 9.77. The first-order chi connectivity index (χ1) is 17.0. The number of likely N-dealkylation sites (N-methyl/N-ethyl adjacent to an activating group) is 1. The molecule has 0 bridgehead atoms. The molecule has 2 aromatic heterocycles. The molecule has 3 N–H and O–H groups in total. The topological polar surface area (TPSA) is 82.9 Å². The minimum Gasteiger partial charge on any atom is -0.507 e. The number of piperazine rings is 1. The van der Waals surface area contributed by atoms with Gasteiger partial charge in [0.05, 0.1) is 0 Å². The highest BCUT2D eigenvalue weighted by Gasteiger charge is 2.20. The number of phenolic OH excluding ortho intramolecular Hbond substituents is 1. The van der Waals surface area contributed by atoms with Gasteiger partial charge in [0.25, 0.3) is 0 Å². The van der Waals surface area contributed by atoms with Gasteiger partial charge in [0.1, 0.15) is 10.4 Å². The van der Waals surface area contributed by atoms with E-state index in [4.69, 9.17) is 10.2 Å². The molecule has 6 nitrogen and oxygen atoms in total. The number of phenols is 1. The van der Waals surface area contributed by atoms with Crippen LogP contribution >= 0.6 is 11.3 Å². The van der Waals surface area contributed by atoms with E-state index in [1.165, 1.54) is 11.3 Å². The summed E-state index contributed by atoms with van der Waals surface area (Å²) in [5.74, 6) is 0.777. The number of benzene rings is 2. The van der Waals surface area contributed by atoms with Crippen LogP contribution in [0.2, 0.25) is 0 Å². The fourth-order valence-corrected chi connectivity index (χ4v) is 5.50. The third-order valence-corrected chi connectivity index (χ3v) is 7.46. The number of fused-ring (bicyclic) bond motifs is 1. The average Bonchev–Trinajstić information content (AvgIpc) is 3.29. The van der Waals surface area contributed by atoms with Gasteiger partial charge >= 0.3 is 0 Å². The monoisotopic (exact) mass is 487 g/mol. The third kappa shape index (κ3) is 4.45. The van der Waals surface area contributed by atoms with Gasteiger partial charge in [-0.2, -0.15) is 0 Å². The molecule has 0 amide bonds. The Hall–Kier alpha value is -3.55. The molecule has 1 fully saturated rings. The van der Waals surface area contributed by atoms with Gasteiger partial charge in [-0.05, 0) is 48.4 Å². The lowest BCUT2D eigenvalue weighted by molar-refractivity contribution is 0.306. The summed E-state index contributed by atoms with van der Waals surface area (Å²) in [6.45, 7) is 5.58. The van der Waals surface area contributed by atoms with Crippen LogP contribution in [0.25, 0.3) is 27.0 Å². The van der Waals surface area contributed by atoms with Crippen LogP contribution in [-0.2, 0) is 0 Å². The minimum absolute atomic E-state index is 0.0128. The summed E-state index contributed by atoms with van der Waals surface area (Å²) in [4.78, 5) is 17.3. The molecule has 35 heavy (non-hydrogen) atoms. The molecule has 0 atom stereocenters. The van der Waals surface area contributed by atoms with E-state index in [1.54, 1.807) is 24.3 Å². The number of aromatic hydroxyl groups is 1. The number of nitrogens with two attached hydrogens (primary N) is 1. The Balaban J connectivity index is 1.60. The lowest BCUT2D eigenvalue weighted by Gasteiger charge is -2.32. The van der Waals surface area contributed by atoms with Crippen molar-refractivity contribution < 1.29 is 9.52 Å². The molecule has 2 aromatic carbocycles. The zero-order chi connectivity index (χ0) is 24.5. The van der Waals surface area contributed by atoms with E-state index in [0.29, 0.717) is 27.4 Å².